The van der Waals surface area contributed by atoms with E-state index in [-0.39, 0.29) is 0 Å². The van der Waals surface area contributed by atoms with Crippen molar-refractivity contribution in [1.82, 2.24) is 14.9 Å². The lowest BCUT2D eigenvalue weighted by Gasteiger charge is -2.19. The van der Waals surface area contributed by atoms with E-state index in [0.29, 0.717) is 0 Å². The molecule has 1 saturated heterocycles. The van der Waals surface area contributed by atoms with Crippen molar-refractivity contribution in [2.24, 2.45) is 0 Å². The minimum atomic E-state index is 0.772. The lowest BCUT2D eigenvalue weighted by atomic mass is 10.2. The largest absolute Gasteiger partial charge is 0.380 e. The van der Waals surface area contributed by atoms with Crippen LogP contribution in [-0.2, 0) is 4.74 Å². The SMILES string of the molecule is Cc1cnc(-c2ccccc2)nc1NCCCN1CCCOCC1. The van der Waals surface area contributed by atoms with Gasteiger partial charge in [0.1, 0.15) is 5.82 Å². The molecule has 0 unspecified atom stereocenters. The monoisotopic (exact) mass is 326 g/mol. The summed E-state index contributed by atoms with van der Waals surface area (Å²) in [7, 11) is 0. The van der Waals surface area contributed by atoms with Gasteiger partial charge in [-0.3, -0.25) is 0 Å². The number of rotatable bonds is 6. The molecule has 0 amide bonds. The van der Waals surface area contributed by atoms with Gasteiger partial charge in [0.2, 0.25) is 0 Å². The lowest BCUT2D eigenvalue weighted by Crippen LogP contribution is -2.28. The Hall–Kier alpha value is -1.98. The first-order valence-electron chi connectivity index (χ1n) is 8.76. The number of hydrogen-bond donors (Lipinski definition) is 1. The Kier molecular flexibility index (Phi) is 6.15. The molecule has 1 aromatic carbocycles. The minimum absolute atomic E-state index is 0.772. The Labute approximate surface area is 144 Å². The second-order valence-corrected chi connectivity index (χ2v) is 6.18. The maximum atomic E-state index is 5.50. The van der Waals surface area contributed by atoms with E-state index in [9.17, 15) is 0 Å². The number of benzene rings is 1. The second-order valence-electron chi connectivity index (χ2n) is 6.18. The molecule has 5 heteroatoms. The summed E-state index contributed by atoms with van der Waals surface area (Å²) >= 11 is 0. The molecule has 0 spiro atoms. The summed E-state index contributed by atoms with van der Waals surface area (Å²) in [6, 6.07) is 10.1. The summed E-state index contributed by atoms with van der Waals surface area (Å²) in [5.74, 6) is 1.71. The van der Waals surface area contributed by atoms with Crippen molar-refractivity contribution >= 4 is 5.82 Å². The molecule has 0 saturated carbocycles. The Morgan fingerprint density at radius 2 is 2.04 bits per heavy atom. The molecular weight excluding hydrogens is 300 g/mol. The van der Waals surface area contributed by atoms with E-state index in [0.717, 1.165) is 75.0 Å². The van der Waals surface area contributed by atoms with Crippen LogP contribution >= 0.6 is 0 Å². The van der Waals surface area contributed by atoms with Crippen LogP contribution in [0, 0.1) is 6.92 Å². The zero-order chi connectivity index (χ0) is 16.6. The molecule has 2 aromatic rings. The average Bonchev–Trinajstić information content (AvgIpc) is 2.90. The molecule has 1 aliphatic heterocycles. The molecule has 1 N–H and O–H groups in total. The van der Waals surface area contributed by atoms with Crippen LogP contribution in [0.5, 0.6) is 0 Å². The molecule has 24 heavy (non-hydrogen) atoms. The van der Waals surface area contributed by atoms with Crippen LogP contribution in [0.3, 0.4) is 0 Å². The summed E-state index contributed by atoms with van der Waals surface area (Å²) < 4.78 is 5.50. The molecular formula is C19H26N4O. The fraction of sp³-hybridized carbons (Fsp3) is 0.474. The number of aromatic nitrogens is 2. The smallest absolute Gasteiger partial charge is 0.161 e. The highest BCUT2D eigenvalue weighted by molar-refractivity contribution is 5.58. The van der Waals surface area contributed by atoms with Gasteiger partial charge in [0.25, 0.3) is 0 Å². The second kappa shape index (κ2) is 8.76. The van der Waals surface area contributed by atoms with Gasteiger partial charge >= 0.3 is 0 Å². The van der Waals surface area contributed by atoms with E-state index >= 15 is 0 Å². The zero-order valence-corrected chi connectivity index (χ0v) is 14.4. The lowest BCUT2D eigenvalue weighted by molar-refractivity contribution is 0.141. The Balaban J connectivity index is 1.53. The molecule has 1 fully saturated rings. The maximum absolute atomic E-state index is 5.50. The number of nitrogens with zero attached hydrogens (tertiary/aromatic N) is 3. The van der Waals surface area contributed by atoms with E-state index in [1.54, 1.807) is 0 Å². The third-order valence-corrected chi connectivity index (χ3v) is 4.26. The van der Waals surface area contributed by atoms with Gasteiger partial charge in [0.15, 0.2) is 5.82 Å². The summed E-state index contributed by atoms with van der Waals surface area (Å²) in [5, 5.41) is 3.47. The molecule has 0 radical (unpaired) electrons. The van der Waals surface area contributed by atoms with Gasteiger partial charge in [-0.05, 0) is 26.3 Å². The normalized spacial score (nSPS) is 15.9. The highest BCUT2D eigenvalue weighted by atomic mass is 16.5. The van der Waals surface area contributed by atoms with Crippen LogP contribution in [0.4, 0.5) is 5.82 Å². The fourth-order valence-corrected chi connectivity index (χ4v) is 2.88. The summed E-state index contributed by atoms with van der Waals surface area (Å²) in [4.78, 5) is 11.6. The number of hydrogen-bond acceptors (Lipinski definition) is 5. The molecule has 0 atom stereocenters. The molecule has 1 aliphatic rings. The van der Waals surface area contributed by atoms with Crippen molar-refractivity contribution in [3.05, 3.63) is 42.1 Å². The summed E-state index contributed by atoms with van der Waals surface area (Å²) in [5.41, 5.74) is 2.13. The van der Waals surface area contributed by atoms with Gasteiger partial charge in [-0.25, -0.2) is 9.97 Å². The third kappa shape index (κ3) is 4.76. The van der Waals surface area contributed by atoms with Crippen LogP contribution in [0.25, 0.3) is 11.4 Å². The summed E-state index contributed by atoms with van der Waals surface area (Å²) in [6.45, 7) is 8.02. The van der Waals surface area contributed by atoms with E-state index in [1.807, 2.05) is 43.5 Å². The first-order chi connectivity index (χ1) is 11.8. The van der Waals surface area contributed by atoms with E-state index < -0.39 is 0 Å². The minimum Gasteiger partial charge on any atom is -0.380 e. The van der Waals surface area contributed by atoms with Crippen LogP contribution in [0.1, 0.15) is 18.4 Å². The van der Waals surface area contributed by atoms with E-state index in [1.165, 1.54) is 0 Å². The standard InChI is InChI=1S/C19H26N4O/c1-16-15-21-19(17-7-3-2-4-8-17)22-18(16)20-9-5-10-23-11-6-13-24-14-12-23/h2-4,7-8,15H,5-6,9-14H2,1H3,(H,20,21,22). The first-order valence-corrected chi connectivity index (χ1v) is 8.76. The van der Waals surface area contributed by atoms with Crippen LogP contribution < -0.4 is 5.32 Å². The molecule has 3 rings (SSSR count). The molecule has 1 aromatic heterocycles. The first kappa shape index (κ1) is 16.9. The predicted molar refractivity (Wildman–Crippen MR) is 97.2 cm³/mol. The molecule has 128 valence electrons. The molecule has 0 aliphatic carbocycles. The number of anilines is 1. The summed E-state index contributed by atoms with van der Waals surface area (Å²) in [6.07, 6.45) is 4.13. The predicted octanol–water partition coefficient (Wildman–Crippen LogP) is 2.98. The number of ether oxygens (including phenoxy) is 1. The quantitative estimate of drug-likeness (QED) is 0.827. The highest BCUT2D eigenvalue weighted by Crippen LogP contribution is 2.18. The zero-order valence-electron chi connectivity index (χ0n) is 14.4. The van der Waals surface area contributed by atoms with E-state index in [2.05, 4.69) is 20.2 Å². The maximum Gasteiger partial charge on any atom is 0.161 e. The Morgan fingerprint density at radius 1 is 1.17 bits per heavy atom. The molecule has 5 nitrogen and oxygen atoms in total. The van der Waals surface area contributed by atoms with Crippen molar-refractivity contribution in [2.45, 2.75) is 19.8 Å². The van der Waals surface area contributed by atoms with Gasteiger partial charge in [0, 0.05) is 43.6 Å². The van der Waals surface area contributed by atoms with Crippen LogP contribution in [0.2, 0.25) is 0 Å². The number of nitrogens with one attached hydrogen (secondary N) is 1. The third-order valence-electron chi connectivity index (χ3n) is 4.26. The Morgan fingerprint density at radius 3 is 2.92 bits per heavy atom. The van der Waals surface area contributed by atoms with Crippen molar-refractivity contribution in [3.63, 3.8) is 0 Å². The van der Waals surface area contributed by atoms with Gasteiger partial charge in [-0.2, -0.15) is 0 Å². The molecule has 0 bridgehead atoms. The number of aryl methyl sites for hydroxylation is 1. The van der Waals surface area contributed by atoms with Crippen molar-refractivity contribution in [3.8, 4) is 11.4 Å². The topological polar surface area (TPSA) is 50.3 Å². The van der Waals surface area contributed by atoms with Crippen molar-refractivity contribution < 1.29 is 4.74 Å². The molecule has 2 heterocycles. The van der Waals surface area contributed by atoms with Crippen LogP contribution in [-0.4, -0.2) is 54.3 Å². The van der Waals surface area contributed by atoms with Gasteiger partial charge < -0.3 is 15.0 Å². The average molecular weight is 326 g/mol. The Bertz CT molecular complexity index is 625. The van der Waals surface area contributed by atoms with Gasteiger partial charge in [0.05, 0.1) is 6.61 Å². The fourth-order valence-electron chi connectivity index (χ4n) is 2.88. The van der Waals surface area contributed by atoms with Gasteiger partial charge in [-0.1, -0.05) is 30.3 Å². The van der Waals surface area contributed by atoms with Gasteiger partial charge in [-0.15, -0.1) is 0 Å². The van der Waals surface area contributed by atoms with E-state index in [4.69, 9.17) is 4.74 Å². The van der Waals surface area contributed by atoms with Crippen LogP contribution in [0.15, 0.2) is 36.5 Å². The highest BCUT2D eigenvalue weighted by Gasteiger charge is 2.09. The van der Waals surface area contributed by atoms with Crippen molar-refractivity contribution in [2.75, 3.05) is 44.7 Å². The van der Waals surface area contributed by atoms with Crippen molar-refractivity contribution in [1.29, 1.82) is 0 Å².